The number of hydrogen-bond donors (Lipinski definition) is 2. The SMILES string of the molecule is Cc1ncc(C#CCN)[nH]1. The third kappa shape index (κ3) is 1.61. The van der Waals surface area contributed by atoms with Gasteiger partial charge in [-0.25, -0.2) is 4.98 Å². The average Bonchev–Trinajstić information content (AvgIpc) is 2.31. The van der Waals surface area contributed by atoms with E-state index in [1.807, 2.05) is 6.92 Å². The topological polar surface area (TPSA) is 54.7 Å². The molecule has 0 aliphatic rings. The summed E-state index contributed by atoms with van der Waals surface area (Å²) in [5.74, 6) is 6.43. The minimum Gasteiger partial charge on any atom is -0.336 e. The smallest absolute Gasteiger partial charge is 0.109 e. The number of aryl methyl sites for hydroxylation is 1. The zero-order valence-corrected chi connectivity index (χ0v) is 5.81. The monoisotopic (exact) mass is 135 g/mol. The highest BCUT2D eigenvalue weighted by Gasteiger charge is 1.88. The second-order valence-corrected chi connectivity index (χ2v) is 1.89. The van der Waals surface area contributed by atoms with Gasteiger partial charge in [0.1, 0.15) is 11.5 Å². The van der Waals surface area contributed by atoms with Gasteiger partial charge in [0.15, 0.2) is 0 Å². The van der Waals surface area contributed by atoms with Crippen molar-refractivity contribution < 1.29 is 0 Å². The molecule has 3 heteroatoms. The molecule has 1 rings (SSSR count). The van der Waals surface area contributed by atoms with E-state index < -0.39 is 0 Å². The molecule has 1 aromatic rings. The van der Waals surface area contributed by atoms with Crippen molar-refractivity contribution in [3.63, 3.8) is 0 Å². The van der Waals surface area contributed by atoms with Gasteiger partial charge in [0, 0.05) is 0 Å². The van der Waals surface area contributed by atoms with Gasteiger partial charge >= 0.3 is 0 Å². The number of nitrogens with zero attached hydrogens (tertiary/aromatic N) is 1. The maximum atomic E-state index is 5.18. The molecule has 0 spiro atoms. The lowest BCUT2D eigenvalue weighted by Crippen LogP contribution is -1.92. The number of H-pyrrole nitrogens is 1. The molecule has 3 nitrogen and oxygen atoms in total. The van der Waals surface area contributed by atoms with E-state index in [4.69, 9.17) is 5.73 Å². The number of rotatable bonds is 0. The van der Waals surface area contributed by atoms with Crippen LogP contribution in [0.15, 0.2) is 6.20 Å². The maximum absolute atomic E-state index is 5.18. The summed E-state index contributed by atoms with van der Waals surface area (Å²) >= 11 is 0. The van der Waals surface area contributed by atoms with Crippen LogP contribution in [0.1, 0.15) is 11.5 Å². The van der Waals surface area contributed by atoms with E-state index in [1.165, 1.54) is 0 Å². The van der Waals surface area contributed by atoms with Crippen molar-refractivity contribution in [2.24, 2.45) is 5.73 Å². The number of aromatic nitrogens is 2. The fourth-order valence-corrected chi connectivity index (χ4v) is 0.631. The van der Waals surface area contributed by atoms with Crippen molar-refractivity contribution >= 4 is 0 Å². The van der Waals surface area contributed by atoms with Crippen molar-refractivity contribution in [2.75, 3.05) is 6.54 Å². The van der Waals surface area contributed by atoms with Crippen LogP contribution in [0.2, 0.25) is 0 Å². The summed E-state index contributed by atoms with van der Waals surface area (Å²) in [5, 5.41) is 0. The summed E-state index contributed by atoms with van der Waals surface area (Å²) in [6, 6.07) is 0. The Bertz CT molecular complexity index is 264. The van der Waals surface area contributed by atoms with Crippen LogP contribution in [-0.4, -0.2) is 16.5 Å². The molecular formula is C7H9N3. The van der Waals surface area contributed by atoms with E-state index in [9.17, 15) is 0 Å². The van der Waals surface area contributed by atoms with E-state index in [-0.39, 0.29) is 0 Å². The van der Waals surface area contributed by atoms with Crippen LogP contribution >= 0.6 is 0 Å². The molecule has 1 aromatic heterocycles. The Kier molecular flexibility index (Phi) is 2.08. The third-order valence-corrected chi connectivity index (χ3v) is 1.03. The first-order valence-electron chi connectivity index (χ1n) is 3.03. The molecule has 0 fully saturated rings. The van der Waals surface area contributed by atoms with Crippen LogP contribution in [0.5, 0.6) is 0 Å². The number of imidazole rings is 1. The highest BCUT2D eigenvalue weighted by atomic mass is 14.9. The Balaban J connectivity index is 2.76. The predicted molar refractivity (Wildman–Crippen MR) is 39.3 cm³/mol. The Labute approximate surface area is 59.7 Å². The minimum absolute atomic E-state index is 0.387. The standard InChI is InChI=1S/C7H9N3/c1-6-9-5-7(10-6)3-2-4-8/h5H,4,8H2,1H3,(H,9,10). The molecule has 1 heterocycles. The summed E-state index contributed by atoms with van der Waals surface area (Å²) < 4.78 is 0. The first kappa shape index (κ1) is 6.84. The van der Waals surface area contributed by atoms with Crippen molar-refractivity contribution in [2.45, 2.75) is 6.92 Å². The van der Waals surface area contributed by atoms with Crippen LogP contribution in [-0.2, 0) is 0 Å². The fraction of sp³-hybridized carbons (Fsp3) is 0.286. The first-order chi connectivity index (χ1) is 4.83. The summed E-state index contributed by atoms with van der Waals surface area (Å²) in [4.78, 5) is 6.94. The van der Waals surface area contributed by atoms with Crippen molar-refractivity contribution in [3.8, 4) is 11.8 Å². The molecule has 0 aliphatic carbocycles. The van der Waals surface area contributed by atoms with Crippen LogP contribution in [0.4, 0.5) is 0 Å². The summed E-state index contributed by atoms with van der Waals surface area (Å²) in [6.45, 7) is 2.27. The molecule has 0 unspecified atom stereocenters. The van der Waals surface area contributed by atoms with Gasteiger partial charge in [0.2, 0.25) is 0 Å². The Morgan fingerprint density at radius 2 is 2.60 bits per heavy atom. The van der Waals surface area contributed by atoms with Gasteiger partial charge in [-0.1, -0.05) is 5.92 Å². The normalized spacial score (nSPS) is 8.60. The second kappa shape index (κ2) is 3.04. The lowest BCUT2D eigenvalue weighted by atomic mass is 10.4. The summed E-state index contributed by atoms with van der Waals surface area (Å²) in [7, 11) is 0. The highest BCUT2D eigenvalue weighted by Crippen LogP contribution is 1.91. The number of aromatic amines is 1. The van der Waals surface area contributed by atoms with Gasteiger partial charge in [-0.2, -0.15) is 0 Å². The largest absolute Gasteiger partial charge is 0.336 e. The molecule has 0 atom stereocenters. The quantitative estimate of drug-likeness (QED) is 0.493. The van der Waals surface area contributed by atoms with E-state index in [0.717, 1.165) is 11.5 Å². The zero-order valence-electron chi connectivity index (χ0n) is 5.81. The van der Waals surface area contributed by atoms with E-state index in [1.54, 1.807) is 6.20 Å². The van der Waals surface area contributed by atoms with Crippen LogP contribution in [0.3, 0.4) is 0 Å². The molecule has 0 aromatic carbocycles. The summed E-state index contributed by atoms with van der Waals surface area (Å²) in [5.41, 5.74) is 6.00. The third-order valence-electron chi connectivity index (χ3n) is 1.03. The van der Waals surface area contributed by atoms with Gasteiger partial charge in [-0.3, -0.25) is 0 Å². The molecular weight excluding hydrogens is 126 g/mol. The van der Waals surface area contributed by atoms with E-state index >= 15 is 0 Å². The second-order valence-electron chi connectivity index (χ2n) is 1.89. The molecule has 0 radical (unpaired) electrons. The zero-order chi connectivity index (χ0) is 7.40. The van der Waals surface area contributed by atoms with Crippen LogP contribution in [0, 0.1) is 18.8 Å². The highest BCUT2D eigenvalue weighted by molar-refractivity contribution is 5.25. The number of nitrogens with one attached hydrogen (secondary N) is 1. The molecule has 0 bridgehead atoms. The Morgan fingerprint density at radius 3 is 3.10 bits per heavy atom. The van der Waals surface area contributed by atoms with Gasteiger partial charge in [-0.05, 0) is 12.8 Å². The first-order valence-corrected chi connectivity index (χ1v) is 3.03. The van der Waals surface area contributed by atoms with Gasteiger partial charge in [0.25, 0.3) is 0 Å². The van der Waals surface area contributed by atoms with Gasteiger partial charge in [0.05, 0.1) is 12.7 Å². The lowest BCUT2D eigenvalue weighted by Gasteiger charge is -1.77. The molecule has 52 valence electrons. The minimum atomic E-state index is 0.387. The van der Waals surface area contributed by atoms with Gasteiger partial charge < -0.3 is 10.7 Å². The maximum Gasteiger partial charge on any atom is 0.109 e. The molecule has 0 amide bonds. The molecule has 0 aliphatic heterocycles. The Morgan fingerprint density at radius 1 is 1.80 bits per heavy atom. The van der Waals surface area contributed by atoms with Crippen LogP contribution < -0.4 is 5.73 Å². The molecule has 0 saturated heterocycles. The van der Waals surface area contributed by atoms with Crippen LogP contribution in [0.25, 0.3) is 0 Å². The van der Waals surface area contributed by atoms with E-state index in [2.05, 4.69) is 21.8 Å². The van der Waals surface area contributed by atoms with Crippen molar-refractivity contribution in [3.05, 3.63) is 17.7 Å². The van der Waals surface area contributed by atoms with Crippen molar-refractivity contribution in [1.29, 1.82) is 0 Å². The Hall–Kier alpha value is -1.27. The lowest BCUT2D eigenvalue weighted by molar-refractivity contribution is 1.14. The van der Waals surface area contributed by atoms with Gasteiger partial charge in [-0.15, -0.1) is 0 Å². The number of hydrogen-bond acceptors (Lipinski definition) is 2. The van der Waals surface area contributed by atoms with E-state index in [0.29, 0.717) is 6.54 Å². The fourth-order valence-electron chi connectivity index (χ4n) is 0.631. The summed E-state index contributed by atoms with van der Waals surface area (Å²) in [6.07, 6.45) is 1.69. The number of nitrogens with two attached hydrogens (primary N) is 1. The molecule has 10 heavy (non-hydrogen) atoms. The molecule has 0 saturated carbocycles. The molecule has 3 N–H and O–H groups in total. The van der Waals surface area contributed by atoms with Crippen molar-refractivity contribution in [1.82, 2.24) is 9.97 Å². The predicted octanol–water partition coefficient (Wildman–Crippen LogP) is 0.0283. The average molecular weight is 135 g/mol.